The molecule has 1 aromatic carbocycles. The Morgan fingerprint density at radius 1 is 1.26 bits per heavy atom. The van der Waals surface area contributed by atoms with Gasteiger partial charge in [-0.15, -0.1) is 6.58 Å². The lowest BCUT2D eigenvalue weighted by molar-refractivity contribution is 0.337. The molecule has 1 radical (unpaired) electrons. The zero-order chi connectivity index (χ0) is 14.1. The molecule has 101 valence electrons. The summed E-state index contributed by atoms with van der Waals surface area (Å²) in [5.74, 6) is 6.37. The van der Waals surface area contributed by atoms with Crippen LogP contribution in [0.1, 0.15) is 24.8 Å². The van der Waals surface area contributed by atoms with E-state index in [1.807, 2.05) is 36.4 Å². The summed E-state index contributed by atoms with van der Waals surface area (Å²) in [5.41, 5.74) is 1.03. The molecule has 0 aliphatic rings. The molecule has 1 nitrogen and oxygen atoms in total. The lowest BCUT2D eigenvalue weighted by atomic mass is 10.1. The molecule has 0 aromatic heterocycles. The van der Waals surface area contributed by atoms with Gasteiger partial charge in [0.15, 0.2) is 14.4 Å². The summed E-state index contributed by atoms with van der Waals surface area (Å²) < 4.78 is 6.05. The average Bonchev–Trinajstić information content (AvgIpc) is 2.36. The van der Waals surface area contributed by atoms with Crippen LogP contribution >= 0.6 is 0 Å². The monoisotopic (exact) mass is 271 g/mol. The lowest BCUT2D eigenvalue weighted by Gasteiger charge is -2.21. The van der Waals surface area contributed by atoms with Gasteiger partial charge in [-0.25, -0.2) is 0 Å². The second kappa shape index (κ2) is 7.99. The van der Waals surface area contributed by atoms with Crippen molar-refractivity contribution in [3.8, 4) is 11.8 Å². The summed E-state index contributed by atoms with van der Waals surface area (Å²) in [6.45, 7) is 10.3. The van der Waals surface area contributed by atoms with Gasteiger partial charge in [0.2, 0.25) is 0 Å². The van der Waals surface area contributed by atoms with Crippen LogP contribution in [0.5, 0.6) is 0 Å². The number of hydrogen-bond acceptors (Lipinski definition) is 1. The molecular formula is C17H23OSi. The highest BCUT2D eigenvalue weighted by atomic mass is 28.4. The van der Waals surface area contributed by atoms with E-state index >= 15 is 0 Å². The van der Waals surface area contributed by atoms with Gasteiger partial charge in [0.1, 0.15) is 0 Å². The highest BCUT2D eigenvalue weighted by Gasteiger charge is 2.20. The van der Waals surface area contributed by atoms with Gasteiger partial charge in [-0.3, -0.25) is 0 Å². The number of benzene rings is 1. The second-order valence-corrected chi connectivity index (χ2v) is 9.86. The fourth-order valence-corrected chi connectivity index (χ4v) is 2.47. The van der Waals surface area contributed by atoms with Crippen molar-refractivity contribution in [2.24, 2.45) is 0 Å². The summed E-state index contributed by atoms with van der Waals surface area (Å²) in [7, 11) is -1.58. The van der Waals surface area contributed by atoms with E-state index in [9.17, 15) is 0 Å². The topological polar surface area (TPSA) is 9.23 Å². The third-order valence-electron chi connectivity index (χ3n) is 2.36. The van der Waals surface area contributed by atoms with Gasteiger partial charge in [-0.2, -0.15) is 0 Å². The molecule has 0 unspecified atom stereocenters. The smallest absolute Gasteiger partial charge is 0.186 e. The fraction of sp³-hybridized carbons (Fsp3) is 0.353. The summed E-state index contributed by atoms with van der Waals surface area (Å²) in [6, 6.07) is 10.0. The highest BCUT2D eigenvalue weighted by molar-refractivity contribution is 6.70. The molecule has 1 aromatic rings. The van der Waals surface area contributed by atoms with Crippen LogP contribution in [0.15, 0.2) is 43.0 Å². The molecule has 0 atom stereocenters. The maximum Gasteiger partial charge on any atom is 0.186 e. The Morgan fingerprint density at radius 2 is 1.95 bits per heavy atom. The van der Waals surface area contributed by atoms with E-state index in [0.29, 0.717) is 0 Å². The Hall–Kier alpha value is -1.30. The van der Waals surface area contributed by atoms with Crippen LogP contribution in [0, 0.1) is 17.9 Å². The van der Waals surface area contributed by atoms with Gasteiger partial charge in [0.05, 0.1) is 0 Å². The Morgan fingerprint density at radius 3 is 2.53 bits per heavy atom. The minimum absolute atomic E-state index is 0.899. The molecule has 0 fully saturated rings. The second-order valence-electron chi connectivity index (χ2n) is 5.43. The molecule has 0 aliphatic heterocycles. The largest absolute Gasteiger partial charge is 0.399 e. The van der Waals surface area contributed by atoms with Gasteiger partial charge in [0, 0.05) is 5.56 Å². The van der Waals surface area contributed by atoms with Crippen LogP contribution < -0.4 is 0 Å². The Kier molecular flexibility index (Phi) is 6.62. The van der Waals surface area contributed by atoms with Crippen molar-refractivity contribution in [1.29, 1.82) is 0 Å². The van der Waals surface area contributed by atoms with Crippen LogP contribution in [0.2, 0.25) is 19.6 Å². The van der Waals surface area contributed by atoms with Crippen LogP contribution in [-0.4, -0.2) is 8.32 Å². The normalized spacial score (nSPS) is 10.9. The molecular weight excluding hydrogens is 248 g/mol. The molecule has 2 heteroatoms. The van der Waals surface area contributed by atoms with Gasteiger partial charge in [-0.05, 0) is 51.0 Å². The third-order valence-corrected chi connectivity index (χ3v) is 3.22. The van der Waals surface area contributed by atoms with E-state index in [4.69, 9.17) is 4.43 Å². The van der Waals surface area contributed by atoms with E-state index in [0.717, 1.165) is 30.9 Å². The van der Waals surface area contributed by atoms with E-state index in [1.165, 1.54) is 0 Å². The zero-order valence-corrected chi connectivity index (χ0v) is 13.2. The summed E-state index contributed by atoms with van der Waals surface area (Å²) in [5, 5.41) is 0. The predicted octanol–water partition coefficient (Wildman–Crippen LogP) is 4.78. The van der Waals surface area contributed by atoms with E-state index < -0.39 is 8.32 Å². The van der Waals surface area contributed by atoms with E-state index in [2.05, 4.69) is 38.1 Å². The first-order valence-electron chi connectivity index (χ1n) is 6.74. The highest BCUT2D eigenvalue weighted by Crippen LogP contribution is 2.18. The fourth-order valence-electron chi connectivity index (χ4n) is 1.58. The first-order chi connectivity index (χ1) is 9.01. The minimum Gasteiger partial charge on any atom is -0.399 e. The van der Waals surface area contributed by atoms with Crippen LogP contribution in [0.4, 0.5) is 0 Å². The maximum absolute atomic E-state index is 6.05. The molecule has 0 aliphatic carbocycles. The van der Waals surface area contributed by atoms with E-state index in [-0.39, 0.29) is 0 Å². The van der Waals surface area contributed by atoms with Gasteiger partial charge < -0.3 is 4.43 Å². The summed E-state index contributed by atoms with van der Waals surface area (Å²) >= 11 is 0. The first-order valence-corrected chi connectivity index (χ1v) is 10.1. The van der Waals surface area contributed by atoms with Gasteiger partial charge >= 0.3 is 0 Å². The standard InChI is InChI=1S/C17H23OSi/c1-5-6-8-13-17(18-19(2,3)4)15-14-16-11-9-7-10-12-16/h5,7,9-12H,1,6,8,13H2,2-4H3. The number of unbranched alkanes of at least 4 members (excludes halogenated alkanes) is 1. The van der Waals surface area contributed by atoms with Crippen LogP contribution in [0.25, 0.3) is 0 Å². The third kappa shape index (κ3) is 7.66. The molecule has 0 spiro atoms. The van der Waals surface area contributed by atoms with Crippen molar-refractivity contribution in [2.45, 2.75) is 38.9 Å². The molecule has 0 heterocycles. The molecule has 0 saturated heterocycles. The molecule has 0 N–H and O–H groups in total. The van der Waals surface area contributed by atoms with Crippen LogP contribution in [0.3, 0.4) is 0 Å². The van der Waals surface area contributed by atoms with Crippen LogP contribution in [-0.2, 0) is 4.43 Å². The van der Waals surface area contributed by atoms with Crippen molar-refractivity contribution >= 4 is 8.32 Å². The number of allylic oxidation sites excluding steroid dienone is 1. The molecule has 1 rings (SSSR count). The Balaban J connectivity index is 2.68. The van der Waals surface area contributed by atoms with E-state index in [1.54, 1.807) is 0 Å². The van der Waals surface area contributed by atoms with Crippen molar-refractivity contribution < 1.29 is 4.43 Å². The quantitative estimate of drug-likeness (QED) is 0.313. The minimum atomic E-state index is -1.58. The van der Waals surface area contributed by atoms with Gasteiger partial charge in [-0.1, -0.05) is 36.1 Å². The van der Waals surface area contributed by atoms with Crippen molar-refractivity contribution in [3.63, 3.8) is 0 Å². The zero-order valence-electron chi connectivity index (χ0n) is 12.2. The van der Waals surface area contributed by atoms with Gasteiger partial charge in [0.25, 0.3) is 0 Å². The Labute approximate surface area is 118 Å². The number of rotatable bonds is 6. The first kappa shape index (κ1) is 15.8. The lowest BCUT2D eigenvalue weighted by Crippen LogP contribution is -2.27. The van der Waals surface area contributed by atoms with Crippen molar-refractivity contribution in [3.05, 3.63) is 54.7 Å². The molecule has 19 heavy (non-hydrogen) atoms. The predicted molar refractivity (Wildman–Crippen MR) is 85.0 cm³/mol. The SMILES string of the molecule is C=CCCC[C](C#Cc1ccccc1)O[Si](C)(C)C. The van der Waals surface area contributed by atoms with Crippen molar-refractivity contribution in [1.82, 2.24) is 0 Å². The number of hydrogen-bond donors (Lipinski definition) is 0. The Bertz CT molecular complexity index is 434. The molecule has 0 saturated carbocycles. The average molecular weight is 271 g/mol. The van der Waals surface area contributed by atoms with Crippen molar-refractivity contribution in [2.75, 3.05) is 0 Å². The maximum atomic E-state index is 6.05. The summed E-state index contributed by atoms with van der Waals surface area (Å²) in [6.07, 6.45) is 5.82. The molecule has 0 bridgehead atoms. The summed E-state index contributed by atoms with van der Waals surface area (Å²) in [4.78, 5) is 0. The molecule has 0 amide bonds.